The fourth-order valence-corrected chi connectivity index (χ4v) is 2.56. The number of nitrogens with zero attached hydrogens (tertiary/aromatic N) is 2. The second kappa shape index (κ2) is 7.54. The third kappa shape index (κ3) is 4.66. The molecule has 0 aliphatic carbocycles. The maximum Gasteiger partial charge on any atom is 0.387 e. The van der Waals surface area contributed by atoms with Crippen LogP contribution in [0.5, 0.6) is 5.75 Å². The highest BCUT2D eigenvalue weighted by molar-refractivity contribution is 5.78. The number of halogens is 2. The molecule has 1 aromatic rings. The zero-order chi connectivity index (χ0) is 16.1. The van der Waals surface area contributed by atoms with E-state index in [9.17, 15) is 13.6 Å². The molecule has 0 radical (unpaired) electrons. The van der Waals surface area contributed by atoms with Crippen LogP contribution in [0.25, 0.3) is 0 Å². The third-order valence-electron chi connectivity index (χ3n) is 3.90. The molecular weight excluding hydrogens is 290 g/mol. The van der Waals surface area contributed by atoms with E-state index in [4.69, 9.17) is 0 Å². The molecule has 0 bridgehead atoms. The van der Waals surface area contributed by atoms with E-state index in [-0.39, 0.29) is 18.1 Å². The Kier molecular flexibility index (Phi) is 5.71. The second-order valence-corrected chi connectivity index (χ2v) is 5.71. The zero-order valence-corrected chi connectivity index (χ0v) is 13.0. The summed E-state index contributed by atoms with van der Waals surface area (Å²) in [4.78, 5) is 16.5. The Hall–Kier alpha value is -1.69. The van der Waals surface area contributed by atoms with E-state index < -0.39 is 6.61 Å². The monoisotopic (exact) mass is 312 g/mol. The van der Waals surface area contributed by atoms with E-state index in [0.717, 1.165) is 31.7 Å². The molecule has 122 valence electrons. The van der Waals surface area contributed by atoms with E-state index in [1.165, 1.54) is 12.1 Å². The fourth-order valence-electron chi connectivity index (χ4n) is 2.56. The van der Waals surface area contributed by atoms with Crippen LogP contribution in [0, 0.1) is 0 Å². The molecule has 1 amide bonds. The second-order valence-electron chi connectivity index (χ2n) is 5.71. The lowest BCUT2D eigenvalue weighted by atomic mass is 10.1. The first kappa shape index (κ1) is 16.7. The van der Waals surface area contributed by atoms with Crippen LogP contribution in [0.4, 0.5) is 8.78 Å². The van der Waals surface area contributed by atoms with Gasteiger partial charge in [-0.1, -0.05) is 12.1 Å². The summed E-state index contributed by atoms with van der Waals surface area (Å²) in [6, 6.07) is 6.73. The number of carbonyl (C=O) groups is 1. The normalized spacial score (nSPS) is 16.4. The van der Waals surface area contributed by atoms with Gasteiger partial charge < -0.3 is 9.64 Å². The average Bonchev–Trinajstić information content (AvgIpc) is 2.49. The van der Waals surface area contributed by atoms with Crippen LogP contribution >= 0.6 is 0 Å². The lowest BCUT2D eigenvalue weighted by Gasteiger charge is -2.37. The Morgan fingerprint density at radius 1 is 1.14 bits per heavy atom. The van der Waals surface area contributed by atoms with E-state index in [2.05, 4.69) is 23.5 Å². The number of ether oxygens (including phenoxy) is 1. The maximum absolute atomic E-state index is 12.3. The minimum Gasteiger partial charge on any atom is -0.435 e. The van der Waals surface area contributed by atoms with Crippen molar-refractivity contribution in [3.05, 3.63) is 29.8 Å². The van der Waals surface area contributed by atoms with Crippen LogP contribution in [-0.2, 0) is 11.2 Å². The molecule has 0 unspecified atom stereocenters. The number of amides is 1. The molecule has 0 saturated carbocycles. The number of alkyl halides is 2. The van der Waals surface area contributed by atoms with E-state index in [0.29, 0.717) is 6.04 Å². The van der Waals surface area contributed by atoms with E-state index >= 15 is 0 Å². The van der Waals surface area contributed by atoms with E-state index in [1.54, 1.807) is 12.1 Å². The van der Waals surface area contributed by atoms with Crippen LogP contribution in [0.15, 0.2) is 24.3 Å². The van der Waals surface area contributed by atoms with Crippen molar-refractivity contribution in [3.63, 3.8) is 0 Å². The lowest BCUT2D eigenvalue weighted by molar-refractivity contribution is -0.132. The third-order valence-corrected chi connectivity index (χ3v) is 3.90. The summed E-state index contributed by atoms with van der Waals surface area (Å²) in [7, 11) is 0. The summed E-state index contributed by atoms with van der Waals surface area (Å²) >= 11 is 0. The van der Waals surface area contributed by atoms with Gasteiger partial charge >= 0.3 is 6.61 Å². The number of piperazine rings is 1. The molecular formula is C16H22F2N2O2. The molecule has 1 aliphatic heterocycles. The highest BCUT2D eigenvalue weighted by atomic mass is 19.3. The van der Waals surface area contributed by atoms with Crippen molar-refractivity contribution in [1.29, 1.82) is 0 Å². The molecule has 4 nitrogen and oxygen atoms in total. The summed E-state index contributed by atoms with van der Waals surface area (Å²) in [5, 5.41) is 0. The van der Waals surface area contributed by atoms with E-state index in [1.807, 2.05) is 4.90 Å². The number of hydrogen-bond donors (Lipinski definition) is 0. The van der Waals surface area contributed by atoms with Crippen molar-refractivity contribution < 1.29 is 18.3 Å². The summed E-state index contributed by atoms with van der Waals surface area (Å²) in [5.74, 6) is 0.183. The van der Waals surface area contributed by atoms with Gasteiger partial charge in [0.15, 0.2) is 0 Å². The fraction of sp³-hybridized carbons (Fsp3) is 0.562. The van der Waals surface area contributed by atoms with Gasteiger partial charge in [-0.3, -0.25) is 9.69 Å². The first-order valence-corrected chi connectivity index (χ1v) is 7.51. The van der Waals surface area contributed by atoms with Crippen LogP contribution < -0.4 is 4.74 Å². The molecule has 0 aromatic heterocycles. The highest BCUT2D eigenvalue weighted by Gasteiger charge is 2.22. The van der Waals surface area contributed by atoms with Crippen LogP contribution in [0.3, 0.4) is 0 Å². The number of hydrogen-bond acceptors (Lipinski definition) is 3. The van der Waals surface area contributed by atoms with Crippen molar-refractivity contribution in [3.8, 4) is 5.75 Å². The van der Waals surface area contributed by atoms with Gasteiger partial charge in [-0.15, -0.1) is 0 Å². The molecule has 0 spiro atoms. The van der Waals surface area contributed by atoms with Crippen LogP contribution in [0.2, 0.25) is 0 Å². The van der Waals surface area contributed by atoms with Crippen LogP contribution in [-0.4, -0.2) is 54.5 Å². The van der Waals surface area contributed by atoms with Gasteiger partial charge in [0.25, 0.3) is 0 Å². The van der Waals surface area contributed by atoms with Crippen molar-refractivity contribution in [1.82, 2.24) is 9.80 Å². The molecule has 1 aromatic carbocycles. The quantitative estimate of drug-likeness (QED) is 0.837. The van der Waals surface area contributed by atoms with Crippen molar-refractivity contribution >= 4 is 5.91 Å². The van der Waals surface area contributed by atoms with Crippen molar-refractivity contribution in [2.24, 2.45) is 0 Å². The van der Waals surface area contributed by atoms with Gasteiger partial charge in [0, 0.05) is 32.2 Å². The maximum atomic E-state index is 12.3. The Labute approximate surface area is 129 Å². The van der Waals surface area contributed by atoms with Gasteiger partial charge in [0.2, 0.25) is 5.91 Å². The first-order valence-electron chi connectivity index (χ1n) is 7.51. The molecule has 6 heteroatoms. The number of benzene rings is 1. The van der Waals surface area contributed by atoms with Crippen molar-refractivity contribution in [2.45, 2.75) is 32.9 Å². The molecule has 0 atom stereocenters. The Balaban J connectivity index is 1.84. The largest absolute Gasteiger partial charge is 0.435 e. The summed E-state index contributed by atoms with van der Waals surface area (Å²) < 4.78 is 28.4. The molecule has 1 aliphatic rings. The Bertz CT molecular complexity index is 483. The average molecular weight is 312 g/mol. The smallest absolute Gasteiger partial charge is 0.387 e. The molecule has 0 N–H and O–H groups in total. The number of rotatable bonds is 5. The highest BCUT2D eigenvalue weighted by Crippen LogP contribution is 2.16. The predicted molar refractivity (Wildman–Crippen MR) is 80.1 cm³/mol. The molecule has 1 heterocycles. The summed E-state index contributed by atoms with van der Waals surface area (Å²) in [5.41, 5.74) is 0.804. The van der Waals surface area contributed by atoms with Crippen LogP contribution in [0.1, 0.15) is 19.4 Å². The predicted octanol–water partition coefficient (Wildman–Crippen LogP) is 2.38. The molecule has 22 heavy (non-hydrogen) atoms. The van der Waals surface area contributed by atoms with Gasteiger partial charge in [0.1, 0.15) is 5.75 Å². The van der Waals surface area contributed by atoms with Gasteiger partial charge in [-0.05, 0) is 31.5 Å². The van der Waals surface area contributed by atoms with Gasteiger partial charge in [-0.2, -0.15) is 8.78 Å². The Morgan fingerprint density at radius 3 is 2.23 bits per heavy atom. The SMILES string of the molecule is CC(C)N1CCN(C(=O)Cc2ccc(OC(F)F)cc2)CC1. The standard InChI is InChI=1S/C16H22F2N2O2/c1-12(2)19-7-9-20(10-8-19)15(21)11-13-3-5-14(6-4-13)22-16(17)18/h3-6,12,16H,7-11H2,1-2H3. The molecule has 1 saturated heterocycles. The number of carbonyl (C=O) groups excluding carboxylic acids is 1. The summed E-state index contributed by atoms with van der Waals surface area (Å²) in [6.45, 7) is 4.74. The topological polar surface area (TPSA) is 32.8 Å². The Morgan fingerprint density at radius 2 is 1.73 bits per heavy atom. The molecule has 2 rings (SSSR count). The first-order chi connectivity index (χ1) is 10.5. The zero-order valence-electron chi connectivity index (χ0n) is 13.0. The minimum atomic E-state index is -2.83. The minimum absolute atomic E-state index is 0.0749. The van der Waals surface area contributed by atoms with Crippen molar-refractivity contribution in [2.75, 3.05) is 26.2 Å². The lowest BCUT2D eigenvalue weighted by Crippen LogP contribution is -2.51. The van der Waals surface area contributed by atoms with Gasteiger partial charge in [0.05, 0.1) is 6.42 Å². The summed E-state index contributed by atoms with van der Waals surface area (Å²) in [6.07, 6.45) is 0.288. The molecule has 1 fully saturated rings. The van der Waals surface area contributed by atoms with Gasteiger partial charge in [-0.25, -0.2) is 0 Å².